The lowest BCUT2D eigenvalue weighted by Gasteiger charge is -2.12. The van der Waals surface area contributed by atoms with Gasteiger partial charge in [-0.05, 0) is 60.4 Å². The van der Waals surface area contributed by atoms with Crippen molar-refractivity contribution in [3.63, 3.8) is 0 Å². The number of pyridine rings is 1. The van der Waals surface area contributed by atoms with Crippen LogP contribution in [0.5, 0.6) is 0 Å². The van der Waals surface area contributed by atoms with Gasteiger partial charge in [0.2, 0.25) is 0 Å². The zero-order valence-corrected chi connectivity index (χ0v) is 20.2. The molecule has 0 spiro atoms. The Labute approximate surface area is 206 Å². The molecule has 2 aromatic carbocycles. The molecule has 11 heteroatoms. The zero-order valence-electron chi connectivity index (χ0n) is 19.0. The van der Waals surface area contributed by atoms with Crippen LogP contribution in [0.15, 0.2) is 54.6 Å². The number of aromatic nitrogens is 3. The summed E-state index contributed by atoms with van der Waals surface area (Å²) in [5, 5.41) is 19.9. The van der Waals surface area contributed by atoms with E-state index in [4.69, 9.17) is 4.98 Å². The molecule has 186 valence electrons. The van der Waals surface area contributed by atoms with Crippen molar-refractivity contribution in [1.82, 2.24) is 14.8 Å². The molecule has 2 aromatic heterocycles. The fraction of sp³-hybridized carbons (Fsp3) is 0.240. The molecule has 2 heterocycles. The van der Waals surface area contributed by atoms with Gasteiger partial charge >= 0.3 is 12.2 Å². The van der Waals surface area contributed by atoms with Gasteiger partial charge in [0, 0.05) is 23.0 Å². The third kappa shape index (κ3) is 5.05. The minimum Gasteiger partial charge on any atom is -0.394 e. The van der Waals surface area contributed by atoms with Crippen LogP contribution in [0, 0.1) is 0 Å². The van der Waals surface area contributed by atoms with Crippen molar-refractivity contribution in [2.75, 3.05) is 17.2 Å². The van der Waals surface area contributed by atoms with Gasteiger partial charge in [-0.3, -0.25) is 0 Å². The minimum absolute atomic E-state index is 0.0404. The number of anilines is 2. The molecule has 0 radical (unpaired) electrons. The van der Waals surface area contributed by atoms with E-state index in [0.717, 1.165) is 58.3 Å². The van der Waals surface area contributed by atoms with Gasteiger partial charge in [-0.1, -0.05) is 27.4 Å². The molecule has 1 aliphatic carbocycles. The number of urea groups is 1. The number of hydrogen-bond acceptors (Lipinski definition) is 4. The molecule has 1 fully saturated rings. The number of halogens is 3. The molecule has 1 aliphatic rings. The zero-order chi connectivity index (χ0) is 25.4. The summed E-state index contributed by atoms with van der Waals surface area (Å²) in [5.74, 6) is 0.416. The van der Waals surface area contributed by atoms with Gasteiger partial charge in [0.05, 0.1) is 29.5 Å². The number of carbonyl (C=O) groups is 1. The predicted molar refractivity (Wildman–Crippen MR) is 135 cm³/mol. The van der Waals surface area contributed by atoms with E-state index >= 15 is 0 Å². The molecule has 1 saturated carbocycles. The number of aliphatic hydroxyl groups excluding tert-OH is 1. The molecular formula is C25H23F3N5O2P. The monoisotopic (exact) mass is 513 g/mol. The van der Waals surface area contributed by atoms with E-state index in [0.29, 0.717) is 18.2 Å². The first-order valence-electron chi connectivity index (χ1n) is 11.4. The van der Waals surface area contributed by atoms with Crippen molar-refractivity contribution in [1.29, 1.82) is 0 Å². The van der Waals surface area contributed by atoms with Crippen molar-refractivity contribution >= 4 is 43.1 Å². The highest BCUT2D eigenvalue weighted by atomic mass is 31.0. The van der Waals surface area contributed by atoms with Gasteiger partial charge in [-0.15, -0.1) is 0 Å². The van der Waals surface area contributed by atoms with Crippen molar-refractivity contribution in [2.24, 2.45) is 0 Å². The van der Waals surface area contributed by atoms with Crippen LogP contribution in [-0.2, 0) is 12.7 Å². The lowest BCUT2D eigenvalue weighted by Crippen LogP contribution is -2.19. The highest BCUT2D eigenvalue weighted by Crippen LogP contribution is 2.42. The number of hydrogen-bond donors (Lipinski definition) is 3. The number of benzene rings is 2. The first-order chi connectivity index (χ1) is 17.2. The van der Waals surface area contributed by atoms with Crippen LogP contribution >= 0.6 is 9.24 Å². The molecule has 0 saturated heterocycles. The average molecular weight is 513 g/mol. The van der Waals surface area contributed by atoms with E-state index in [2.05, 4.69) is 31.0 Å². The van der Waals surface area contributed by atoms with Gasteiger partial charge in [0.15, 0.2) is 5.65 Å². The third-order valence-corrected chi connectivity index (χ3v) is 6.36. The van der Waals surface area contributed by atoms with E-state index in [-0.39, 0.29) is 12.3 Å². The lowest BCUT2D eigenvalue weighted by molar-refractivity contribution is -0.137. The maximum absolute atomic E-state index is 12.9. The van der Waals surface area contributed by atoms with E-state index in [1.165, 1.54) is 12.1 Å². The Hall–Kier alpha value is -3.49. The molecule has 3 N–H and O–H groups in total. The Kier molecular flexibility index (Phi) is 6.40. The fourth-order valence-electron chi connectivity index (χ4n) is 4.08. The van der Waals surface area contributed by atoms with Gasteiger partial charge in [-0.2, -0.15) is 18.3 Å². The third-order valence-electron chi connectivity index (χ3n) is 5.96. The van der Waals surface area contributed by atoms with Crippen LogP contribution < -0.4 is 16.1 Å². The molecule has 36 heavy (non-hydrogen) atoms. The van der Waals surface area contributed by atoms with Crippen molar-refractivity contribution in [3.05, 3.63) is 65.9 Å². The smallest absolute Gasteiger partial charge is 0.394 e. The largest absolute Gasteiger partial charge is 0.416 e. The number of nitrogens with zero attached hydrogens (tertiary/aromatic N) is 3. The summed E-state index contributed by atoms with van der Waals surface area (Å²) in [4.78, 5) is 17.2. The topological polar surface area (TPSA) is 92.1 Å². The van der Waals surface area contributed by atoms with Gasteiger partial charge in [0.25, 0.3) is 0 Å². The van der Waals surface area contributed by atoms with Crippen molar-refractivity contribution < 1.29 is 23.1 Å². The van der Waals surface area contributed by atoms with Crippen LogP contribution in [0.2, 0.25) is 0 Å². The van der Waals surface area contributed by atoms with Crippen LogP contribution in [0.4, 0.5) is 29.3 Å². The standard InChI is InChI=1S/C25H23F3N5O2P/c26-25(27,28)16-2-1-3-18(12-16)30-24(35)29-17-8-6-14(7-9-17)19-13-20(15-4-5-15)31-22-21(19)23(36)32-33(22)10-11-34/h1-3,6-9,12-13,15,34H,4-5,10-11,36H2,(H2,29,30,35). The maximum atomic E-state index is 12.9. The summed E-state index contributed by atoms with van der Waals surface area (Å²) in [6.45, 7) is 0.295. The predicted octanol–water partition coefficient (Wildman–Crippen LogP) is 5.13. The SMILES string of the molecule is O=C(Nc1ccc(-c2cc(C3CC3)nc3c2c(P)nn3CCO)cc1)Nc1cccc(C(F)(F)F)c1. The number of aliphatic hydroxyl groups is 1. The minimum atomic E-state index is -4.49. The quantitative estimate of drug-likeness (QED) is 0.312. The van der Waals surface area contributed by atoms with Crippen molar-refractivity contribution in [2.45, 2.75) is 31.5 Å². The molecule has 1 unspecified atom stereocenters. The summed E-state index contributed by atoms with van der Waals surface area (Å²) in [7, 11) is 2.62. The first-order valence-corrected chi connectivity index (χ1v) is 11.9. The lowest BCUT2D eigenvalue weighted by atomic mass is 10.0. The molecular weight excluding hydrogens is 490 g/mol. The highest BCUT2D eigenvalue weighted by Gasteiger charge is 2.30. The van der Waals surface area contributed by atoms with Crippen LogP contribution in [0.3, 0.4) is 0 Å². The average Bonchev–Trinajstić information content (AvgIpc) is 3.64. The molecule has 2 amide bonds. The molecule has 7 nitrogen and oxygen atoms in total. The van der Waals surface area contributed by atoms with E-state index in [1.807, 2.05) is 12.1 Å². The first kappa shape index (κ1) is 24.2. The molecule has 0 bridgehead atoms. The second-order valence-corrected chi connectivity index (χ2v) is 9.18. The summed E-state index contributed by atoms with van der Waals surface area (Å²) in [6, 6.07) is 13.0. The molecule has 4 aromatic rings. The summed E-state index contributed by atoms with van der Waals surface area (Å²) in [5.41, 5.74) is 3.98. The van der Waals surface area contributed by atoms with E-state index in [9.17, 15) is 23.1 Å². The Bertz CT molecular complexity index is 1430. The number of amides is 2. The van der Waals surface area contributed by atoms with Gasteiger partial charge in [0.1, 0.15) is 0 Å². The van der Waals surface area contributed by atoms with Gasteiger partial charge in [-0.25, -0.2) is 14.5 Å². The normalized spacial score (nSPS) is 13.7. The van der Waals surface area contributed by atoms with Crippen LogP contribution in [-0.4, -0.2) is 32.5 Å². The summed E-state index contributed by atoms with van der Waals surface area (Å²) < 4.78 is 40.5. The highest BCUT2D eigenvalue weighted by molar-refractivity contribution is 7.28. The maximum Gasteiger partial charge on any atom is 0.416 e. The number of carbonyl (C=O) groups excluding carboxylic acids is 1. The number of rotatable bonds is 6. The summed E-state index contributed by atoms with van der Waals surface area (Å²) in [6.07, 6.45) is -2.32. The Morgan fingerprint density at radius 1 is 1.08 bits per heavy atom. The van der Waals surface area contributed by atoms with Crippen molar-refractivity contribution in [3.8, 4) is 11.1 Å². The summed E-state index contributed by atoms with van der Waals surface area (Å²) >= 11 is 0. The number of alkyl halides is 3. The Morgan fingerprint density at radius 3 is 2.47 bits per heavy atom. The molecule has 0 aliphatic heterocycles. The second kappa shape index (κ2) is 9.52. The van der Waals surface area contributed by atoms with E-state index in [1.54, 1.807) is 16.8 Å². The second-order valence-electron chi connectivity index (χ2n) is 8.63. The van der Waals surface area contributed by atoms with Crippen LogP contribution in [0.1, 0.15) is 30.0 Å². The fourth-order valence-corrected chi connectivity index (χ4v) is 4.51. The number of fused-ring (bicyclic) bond motifs is 1. The molecule has 5 rings (SSSR count). The number of nitrogens with one attached hydrogen (secondary N) is 2. The molecule has 1 atom stereocenters. The van der Waals surface area contributed by atoms with Gasteiger partial charge < -0.3 is 15.7 Å². The Balaban J connectivity index is 1.38. The Morgan fingerprint density at radius 2 is 1.81 bits per heavy atom. The van der Waals surface area contributed by atoms with E-state index < -0.39 is 17.8 Å². The van der Waals surface area contributed by atoms with Crippen LogP contribution in [0.25, 0.3) is 22.2 Å².